The van der Waals surface area contributed by atoms with Gasteiger partial charge in [0.1, 0.15) is 18.2 Å². The monoisotopic (exact) mass is 309 g/mol. The Morgan fingerprint density at radius 3 is 2.67 bits per heavy atom. The van der Waals surface area contributed by atoms with E-state index in [4.69, 9.17) is 16.3 Å². The Bertz CT molecular complexity index is 705. The van der Waals surface area contributed by atoms with Gasteiger partial charge in [-0.3, -0.25) is 14.9 Å². The Morgan fingerprint density at radius 2 is 2.05 bits per heavy atom. The summed E-state index contributed by atoms with van der Waals surface area (Å²) in [6, 6.07) is 7.81. The zero-order chi connectivity index (χ0) is 15.4. The van der Waals surface area contributed by atoms with Crippen molar-refractivity contribution in [2.24, 2.45) is 0 Å². The summed E-state index contributed by atoms with van der Waals surface area (Å²) in [4.78, 5) is 21.0. The second-order valence-corrected chi connectivity index (χ2v) is 4.54. The summed E-state index contributed by atoms with van der Waals surface area (Å²) < 4.78 is 18.4. The van der Waals surface area contributed by atoms with Crippen LogP contribution in [-0.2, 0) is 6.61 Å². The van der Waals surface area contributed by atoms with E-state index in [1.54, 1.807) is 0 Å². The Kier molecular flexibility index (Phi) is 4.49. The number of carbonyl (C=O) groups is 1. The van der Waals surface area contributed by atoms with Crippen LogP contribution in [0.15, 0.2) is 36.4 Å². The maximum Gasteiger partial charge on any atom is 0.270 e. The molecule has 2 rings (SSSR count). The minimum Gasteiger partial charge on any atom is -0.488 e. The first-order valence-electron chi connectivity index (χ1n) is 5.81. The molecule has 0 radical (unpaired) electrons. The van der Waals surface area contributed by atoms with Crippen LogP contribution in [0.5, 0.6) is 5.75 Å². The first kappa shape index (κ1) is 14.9. The highest BCUT2D eigenvalue weighted by molar-refractivity contribution is 6.30. The number of nitro benzene ring substituents is 1. The van der Waals surface area contributed by atoms with E-state index in [9.17, 15) is 19.3 Å². The number of nitrogens with zero attached hydrogens (tertiary/aromatic N) is 1. The fourth-order valence-corrected chi connectivity index (χ4v) is 1.87. The molecule has 0 saturated carbocycles. The molecule has 0 fully saturated rings. The number of halogens is 2. The normalized spacial score (nSPS) is 10.2. The van der Waals surface area contributed by atoms with Gasteiger partial charge in [-0.05, 0) is 23.8 Å². The summed E-state index contributed by atoms with van der Waals surface area (Å²) in [5.41, 5.74) is 0.475. The molecule has 0 atom stereocenters. The number of nitro groups is 1. The average molecular weight is 310 g/mol. The van der Waals surface area contributed by atoms with E-state index in [0.29, 0.717) is 11.8 Å². The molecule has 2 aromatic rings. The van der Waals surface area contributed by atoms with Crippen LogP contribution in [-0.4, -0.2) is 11.2 Å². The number of benzene rings is 2. The van der Waals surface area contributed by atoms with Gasteiger partial charge >= 0.3 is 0 Å². The molecule has 0 aliphatic carbocycles. The van der Waals surface area contributed by atoms with Crippen molar-refractivity contribution in [3.05, 3.63) is 68.5 Å². The number of hydrogen-bond donors (Lipinski definition) is 0. The molecule has 108 valence electrons. The minimum absolute atomic E-state index is 0.0320. The minimum atomic E-state index is -0.601. The molecule has 0 N–H and O–H groups in total. The predicted molar refractivity (Wildman–Crippen MR) is 74.2 cm³/mol. The van der Waals surface area contributed by atoms with Crippen LogP contribution in [0.4, 0.5) is 10.1 Å². The SMILES string of the molecule is O=Cc1cc([N+](=O)[O-])ccc1OCc1ccc(F)c(Cl)c1. The highest BCUT2D eigenvalue weighted by Gasteiger charge is 2.11. The van der Waals surface area contributed by atoms with Gasteiger partial charge in [0.15, 0.2) is 6.29 Å². The highest BCUT2D eigenvalue weighted by atomic mass is 35.5. The molecule has 0 aliphatic heterocycles. The molecular formula is C14H9ClFNO4. The number of rotatable bonds is 5. The van der Waals surface area contributed by atoms with E-state index in [2.05, 4.69) is 0 Å². The standard InChI is InChI=1S/C14H9ClFNO4/c15-12-5-9(1-3-13(12)16)8-21-14-4-2-11(17(19)20)6-10(14)7-18/h1-7H,8H2. The van der Waals surface area contributed by atoms with Gasteiger partial charge in [-0.1, -0.05) is 17.7 Å². The largest absolute Gasteiger partial charge is 0.488 e. The van der Waals surface area contributed by atoms with E-state index in [1.807, 2.05) is 0 Å². The maximum atomic E-state index is 13.0. The summed E-state index contributed by atoms with van der Waals surface area (Å²) in [5, 5.41) is 10.6. The lowest BCUT2D eigenvalue weighted by molar-refractivity contribution is -0.384. The predicted octanol–water partition coefficient (Wildman–Crippen LogP) is 3.78. The van der Waals surface area contributed by atoms with Crippen molar-refractivity contribution in [2.45, 2.75) is 6.61 Å². The summed E-state index contributed by atoms with van der Waals surface area (Å²) in [6.45, 7) is 0.0542. The second-order valence-electron chi connectivity index (χ2n) is 4.13. The van der Waals surface area contributed by atoms with Gasteiger partial charge in [-0.15, -0.1) is 0 Å². The molecule has 0 unspecified atom stereocenters. The van der Waals surface area contributed by atoms with Gasteiger partial charge in [0.05, 0.1) is 15.5 Å². The summed E-state index contributed by atoms with van der Waals surface area (Å²) in [5.74, 6) is -0.333. The van der Waals surface area contributed by atoms with Crippen LogP contribution in [0.25, 0.3) is 0 Å². The van der Waals surface area contributed by atoms with Crippen molar-refractivity contribution in [1.82, 2.24) is 0 Å². The van der Waals surface area contributed by atoms with Gasteiger partial charge in [-0.2, -0.15) is 0 Å². The second kappa shape index (κ2) is 6.32. The molecule has 0 heterocycles. The molecule has 0 aromatic heterocycles. The van der Waals surface area contributed by atoms with Gasteiger partial charge in [-0.25, -0.2) is 4.39 Å². The topological polar surface area (TPSA) is 69.4 Å². The van der Waals surface area contributed by atoms with Gasteiger partial charge in [0, 0.05) is 12.1 Å². The van der Waals surface area contributed by atoms with Crippen molar-refractivity contribution < 1.29 is 18.8 Å². The molecule has 0 spiro atoms. The van der Waals surface area contributed by atoms with Crippen molar-refractivity contribution in [3.8, 4) is 5.75 Å². The molecule has 0 bridgehead atoms. The van der Waals surface area contributed by atoms with Crippen molar-refractivity contribution in [1.29, 1.82) is 0 Å². The Hall–Kier alpha value is -2.47. The van der Waals surface area contributed by atoms with E-state index >= 15 is 0 Å². The van der Waals surface area contributed by atoms with Crippen LogP contribution in [0.2, 0.25) is 5.02 Å². The molecule has 21 heavy (non-hydrogen) atoms. The molecule has 7 heteroatoms. The third kappa shape index (κ3) is 3.55. The first-order valence-corrected chi connectivity index (χ1v) is 6.19. The van der Waals surface area contributed by atoms with E-state index < -0.39 is 10.7 Å². The number of non-ortho nitro benzene ring substituents is 1. The lowest BCUT2D eigenvalue weighted by Crippen LogP contribution is -1.99. The van der Waals surface area contributed by atoms with E-state index in [1.165, 1.54) is 30.3 Å². The summed E-state index contributed by atoms with van der Waals surface area (Å²) in [7, 11) is 0. The molecular weight excluding hydrogens is 301 g/mol. The highest BCUT2D eigenvalue weighted by Crippen LogP contribution is 2.24. The van der Waals surface area contributed by atoms with E-state index in [-0.39, 0.29) is 28.6 Å². The van der Waals surface area contributed by atoms with Crippen LogP contribution >= 0.6 is 11.6 Å². The third-order valence-corrected chi connectivity index (χ3v) is 3.00. The Balaban J connectivity index is 2.17. The van der Waals surface area contributed by atoms with Gasteiger partial charge in [0.2, 0.25) is 0 Å². The average Bonchev–Trinajstić information content (AvgIpc) is 2.48. The van der Waals surface area contributed by atoms with Crippen molar-refractivity contribution in [2.75, 3.05) is 0 Å². The third-order valence-electron chi connectivity index (χ3n) is 2.71. The first-order chi connectivity index (χ1) is 10.0. The van der Waals surface area contributed by atoms with E-state index in [0.717, 1.165) is 6.07 Å². The molecule has 0 aliphatic rings. The quantitative estimate of drug-likeness (QED) is 0.479. The molecule has 2 aromatic carbocycles. The smallest absolute Gasteiger partial charge is 0.270 e. The number of ether oxygens (including phenoxy) is 1. The maximum absolute atomic E-state index is 13.0. The van der Waals surface area contributed by atoms with Crippen LogP contribution < -0.4 is 4.74 Å². The fraction of sp³-hybridized carbons (Fsp3) is 0.0714. The molecule has 0 saturated heterocycles. The lowest BCUT2D eigenvalue weighted by Gasteiger charge is -2.08. The fourth-order valence-electron chi connectivity index (χ4n) is 1.66. The zero-order valence-electron chi connectivity index (χ0n) is 10.6. The van der Waals surface area contributed by atoms with Crippen LogP contribution in [0.3, 0.4) is 0 Å². The number of hydrogen-bond acceptors (Lipinski definition) is 4. The number of carbonyl (C=O) groups excluding carboxylic acids is 1. The summed E-state index contributed by atoms with van der Waals surface area (Å²) >= 11 is 5.65. The van der Waals surface area contributed by atoms with Crippen molar-refractivity contribution >= 4 is 23.6 Å². The Morgan fingerprint density at radius 1 is 1.29 bits per heavy atom. The van der Waals surface area contributed by atoms with Crippen molar-refractivity contribution in [3.63, 3.8) is 0 Å². The summed E-state index contributed by atoms with van der Waals surface area (Å²) in [6.07, 6.45) is 0.472. The van der Waals surface area contributed by atoms with Gasteiger partial charge < -0.3 is 4.74 Å². The van der Waals surface area contributed by atoms with Crippen LogP contribution in [0, 0.1) is 15.9 Å². The Labute approximate surface area is 124 Å². The molecule has 5 nitrogen and oxygen atoms in total. The van der Waals surface area contributed by atoms with Crippen LogP contribution in [0.1, 0.15) is 15.9 Å². The van der Waals surface area contributed by atoms with Gasteiger partial charge in [0.25, 0.3) is 5.69 Å². The zero-order valence-corrected chi connectivity index (χ0v) is 11.3. The lowest BCUT2D eigenvalue weighted by atomic mass is 10.2. The molecule has 0 amide bonds. The number of aldehydes is 1.